The monoisotopic (exact) mass is 621 g/mol. The normalized spacial score (nSPS) is 21.0. The van der Waals surface area contributed by atoms with Crippen molar-refractivity contribution in [1.29, 1.82) is 0 Å². The topological polar surface area (TPSA) is 74.3 Å². The van der Waals surface area contributed by atoms with Crippen LogP contribution < -0.4 is 9.64 Å². The van der Waals surface area contributed by atoms with E-state index >= 15 is 0 Å². The highest BCUT2D eigenvalue weighted by Gasteiger charge is 2.51. The fourth-order valence-electron chi connectivity index (χ4n) is 5.16. The Kier molecular flexibility index (Phi) is 9.12. The molecule has 0 radical (unpaired) electrons. The van der Waals surface area contributed by atoms with E-state index in [1.807, 2.05) is 43.3 Å². The van der Waals surface area contributed by atoms with Crippen molar-refractivity contribution in [3.8, 4) is 5.75 Å². The lowest BCUT2D eigenvalue weighted by Crippen LogP contribution is -2.58. The minimum atomic E-state index is -0.992. The summed E-state index contributed by atoms with van der Waals surface area (Å²) in [6.07, 6.45) is 0. The Morgan fingerprint density at radius 1 is 0.977 bits per heavy atom. The van der Waals surface area contributed by atoms with E-state index in [0.29, 0.717) is 30.4 Å². The van der Waals surface area contributed by atoms with Gasteiger partial charge < -0.3 is 23.8 Å². The minimum Gasteiger partial charge on any atom is -0.482 e. The molecule has 0 aromatic heterocycles. The van der Waals surface area contributed by atoms with Gasteiger partial charge in [-0.3, -0.25) is 4.79 Å². The first-order valence-corrected chi connectivity index (χ1v) is 15.8. The lowest BCUT2D eigenvalue weighted by Gasteiger charge is -2.49. The predicted molar refractivity (Wildman–Crippen MR) is 169 cm³/mol. The average Bonchev–Trinajstić information content (AvgIpc) is 2.97. The van der Waals surface area contributed by atoms with Gasteiger partial charge in [-0.25, -0.2) is 9.18 Å². The minimum absolute atomic E-state index is 0.0768. The van der Waals surface area contributed by atoms with Crippen LogP contribution in [0.3, 0.4) is 0 Å². The van der Waals surface area contributed by atoms with Crippen LogP contribution in [0.4, 0.5) is 10.1 Å². The Labute approximate surface area is 263 Å². The van der Waals surface area contributed by atoms with Gasteiger partial charge in [-0.05, 0) is 69.7 Å². The highest BCUT2D eigenvalue weighted by Crippen LogP contribution is 2.48. The number of ether oxygens (including phenoxy) is 4. The Morgan fingerprint density at radius 2 is 1.59 bits per heavy atom. The molecule has 0 unspecified atom stereocenters. The molecule has 1 amide bonds. The fraction of sp³-hybridized carbons (Fsp3) is 0.429. The van der Waals surface area contributed by atoms with Crippen molar-refractivity contribution in [3.63, 3.8) is 0 Å². The summed E-state index contributed by atoms with van der Waals surface area (Å²) in [6.45, 7) is 12.5. The van der Waals surface area contributed by atoms with Crippen molar-refractivity contribution in [2.24, 2.45) is 5.41 Å². The summed E-state index contributed by atoms with van der Waals surface area (Å²) >= 11 is 1.50. The largest absolute Gasteiger partial charge is 0.482 e. The summed E-state index contributed by atoms with van der Waals surface area (Å²) in [4.78, 5) is 27.5. The molecule has 0 bridgehead atoms. The number of halogens is 1. The standard InChI is InChI=1S/C35H40FNO6S/c1-23-7-11-25(12-8-23)35(41-20-34(5,6)21-42-35)22-44-31-30(37(32(31)39)27-15-13-26(36)14-16-27)24-9-17-28(18-10-24)40-19-29(38)43-33(2,3)4/h7-18,30-31H,19-22H2,1-6H3/t30-,31-/m1/s1. The predicted octanol–water partition coefficient (Wildman–Crippen LogP) is 6.97. The third kappa shape index (κ3) is 7.28. The van der Waals surface area contributed by atoms with Gasteiger partial charge in [0.25, 0.3) is 0 Å². The summed E-state index contributed by atoms with van der Waals surface area (Å²) in [7, 11) is 0. The molecule has 44 heavy (non-hydrogen) atoms. The number of aryl methyl sites for hydroxylation is 1. The molecule has 2 aliphatic heterocycles. The maximum absolute atomic E-state index is 13.8. The molecular weight excluding hydrogens is 581 g/mol. The number of amides is 1. The Hall–Kier alpha value is -3.40. The van der Waals surface area contributed by atoms with Crippen molar-refractivity contribution in [1.82, 2.24) is 0 Å². The van der Waals surface area contributed by atoms with Crippen LogP contribution in [0, 0.1) is 18.2 Å². The van der Waals surface area contributed by atoms with Gasteiger partial charge >= 0.3 is 5.97 Å². The molecule has 0 saturated carbocycles. The SMILES string of the molecule is Cc1ccc(C2(CS[C@H]3C(=O)N(c4ccc(F)cc4)[C@@H]3c3ccc(OCC(=O)OC(C)(C)C)cc3)OCC(C)(C)CO2)cc1. The number of nitrogens with zero attached hydrogens (tertiary/aromatic N) is 1. The highest BCUT2D eigenvalue weighted by molar-refractivity contribution is 8.00. The molecule has 7 nitrogen and oxygen atoms in total. The van der Waals surface area contributed by atoms with E-state index in [1.165, 1.54) is 23.9 Å². The first kappa shape index (κ1) is 32.0. The van der Waals surface area contributed by atoms with Gasteiger partial charge in [0, 0.05) is 16.7 Å². The quantitative estimate of drug-likeness (QED) is 0.189. The van der Waals surface area contributed by atoms with E-state index in [2.05, 4.69) is 13.8 Å². The fourth-order valence-corrected chi connectivity index (χ4v) is 6.61. The Bertz CT molecular complexity index is 1460. The molecule has 0 N–H and O–H groups in total. The number of carbonyl (C=O) groups excluding carboxylic acids is 2. The van der Waals surface area contributed by atoms with Crippen LogP contribution in [0.2, 0.25) is 0 Å². The highest BCUT2D eigenvalue weighted by atomic mass is 32.2. The van der Waals surface area contributed by atoms with Crippen molar-refractivity contribution in [2.75, 3.05) is 30.5 Å². The maximum atomic E-state index is 13.8. The smallest absolute Gasteiger partial charge is 0.344 e. The van der Waals surface area contributed by atoms with E-state index in [1.54, 1.807) is 49.9 Å². The van der Waals surface area contributed by atoms with Gasteiger partial charge in [-0.2, -0.15) is 0 Å². The number of anilines is 1. The second kappa shape index (κ2) is 12.5. The molecule has 2 heterocycles. The average molecular weight is 622 g/mol. The van der Waals surface area contributed by atoms with Crippen LogP contribution in [-0.2, 0) is 29.6 Å². The first-order valence-electron chi connectivity index (χ1n) is 14.8. The number of rotatable bonds is 9. The van der Waals surface area contributed by atoms with Gasteiger partial charge in [-0.1, -0.05) is 55.8 Å². The van der Waals surface area contributed by atoms with E-state index < -0.39 is 22.6 Å². The molecule has 3 aromatic carbocycles. The zero-order valence-electron chi connectivity index (χ0n) is 26.1. The van der Waals surface area contributed by atoms with Gasteiger partial charge in [-0.15, -0.1) is 11.8 Å². The van der Waals surface area contributed by atoms with Crippen LogP contribution in [0.1, 0.15) is 57.4 Å². The Morgan fingerprint density at radius 3 is 2.18 bits per heavy atom. The van der Waals surface area contributed by atoms with E-state index in [-0.39, 0.29) is 29.8 Å². The van der Waals surface area contributed by atoms with Crippen molar-refractivity contribution >= 4 is 29.3 Å². The molecule has 2 atom stereocenters. The number of β-lactam (4-membered cyclic amide) rings is 1. The van der Waals surface area contributed by atoms with Crippen molar-refractivity contribution in [2.45, 2.75) is 64.2 Å². The summed E-state index contributed by atoms with van der Waals surface area (Å²) in [5.41, 5.74) is 2.82. The lowest BCUT2D eigenvalue weighted by molar-refractivity contribution is -0.295. The molecule has 0 spiro atoms. The zero-order valence-corrected chi connectivity index (χ0v) is 26.9. The zero-order chi connectivity index (χ0) is 31.7. The summed E-state index contributed by atoms with van der Waals surface area (Å²) < 4.78 is 37.6. The Balaban J connectivity index is 1.37. The lowest BCUT2D eigenvalue weighted by atomic mass is 9.92. The molecule has 3 aromatic rings. The number of carbonyl (C=O) groups is 2. The molecule has 234 valence electrons. The van der Waals surface area contributed by atoms with Crippen LogP contribution in [-0.4, -0.2) is 48.3 Å². The van der Waals surface area contributed by atoms with Crippen molar-refractivity contribution in [3.05, 3.63) is 95.3 Å². The third-order valence-electron chi connectivity index (χ3n) is 7.49. The van der Waals surface area contributed by atoms with E-state index in [0.717, 1.165) is 16.7 Å². The molecule has 0 aliphatic carbocycles. The number of esters is 1. The van der Waals surface area contributed by atoms with Gasteiger partial charge in [0.05, 0.1) is 25.0 Å². The molecule has 2 fully saturated rings. The summed E-state index contributed by atoms with van der Waals surface area (Å²) in [5.74, 6) is -0.977. The summed E-state index contributed by atoms with van der Waals surface area (Å²) in [5, 5.41) is -0.432. The number of hydrogen-bond acceptors (Lipinski definition) is 7. The van der Waals surface area contributed by atoms with E-state index in [9.17, 15) is 14.0 Å². The molecule has 2 aliphatic rings. The first-order chi connectivity index (χ1) is 20.8. The molecule has 9 heteroatoms. The van der Waals surface area contributed by atoms with E-state index in [4.69, 9.17) is 18.9 Å². The second-order valence-electron chi connectivity index (χ2n) is 13.2. The number of thioether (sulfide) groups is 1. The summed E-state index contributed by atoms with van der Waals surface area (Å²) in [6, 6.07) is 21.0. The molecular formula is C35H40FNO6S. The maximum Gasteiger partial charge on any atom is 0.344 e. The number of benzene rings is 3. The third-order valence-corrected chi connectivity index (χ3v) is 8.85. The molecule has 2 saturated heterocycles. The van der Waals surface area contributed by atoms with Gasteiger partial charge in [0.15, 0.2) is 6.61 Å². The van der Waals surface area contributed by atoms with Crippen molar-refractivity contribution < 1.29 is 32.9 Å². The second-order valence-corrected chi connectivity index (χ2v) is 14.3. The van der Waals surface area contributed by atoms with Crippen LogP contribution in [0.5, 0.6) is 5.75 Å². The molecule has 5 rings (SSSR count). The van der Waals surface area contributed by atoms with Gasteiger partial charge in [0.1, 0.15) is 22.4 Å². The van der Waals surface area contributed by atoms with Crippen LogP contribution in [0.15, 0.2) is 72.8 Å². The van der Waals surface area contributed by atoms with Gasteiger partial charge in [0.2, 0.25) is 11.7 Å². The van der Waals surface area contributed by atoms with Crippen LogP contribution >= 0.6 is 11.8 Å². The van der Waals surface area contributed by atoms with Crippen LogP contribution in [0.25, 0.3) is 0 Å². The number of hydrogen-bond donors (Lipinski definition) is 0.